The lowest BCUT2D eigenvalue weighted by Crippen LogP contribution is -2.42. The van der Waals surface area contributed by atoms with Crippen molar-refractivity contribution in [3.63, 3.8) is 0 Å². The largest absolute Gasteiger partial charge is 0.396 e. The van der Waals surface area contributed by atoms with Gasteiger partial charge in [0.15, 0.2) is 0 Å². The second kappa shape index (κ2) is 4.97. The normalized spacial score (nSPS) is 28.8. The fourth-order valence-electron chi connectivity index (χ4n) is 2.40. The van der Waals surface area contributed by atoms with Crippen LogP contribution >= 0.6 is 0 Å². The number of aliphatic hydroxyl groups excluding tert-OH is 1. The van der Waals surface area contributed by atoms with E-state index in [4.69, 9.17) is 0 Å². The van der Waals surface area contributed by atoms with Gasteiger partial charge in [0, 0.05) is 37.2 Å². The maximum atomic E-state index is 11.9. The third kappa shape index (κ3) is 2.28. The van der Waals surface area contributed by atoms with E-state index < -0.39 is 0 Å². The third-order valence-electron chi connectivity index (χ3n) is 3.76. The van der Waals surface area contributed by atoms with Crippen LogP contribution in [0.5, 0.6) is 0 Å². The molecular weight excluding hydrogens is 204 g/mol. The molecule has 4 nitrogen and oxygen atoms in total. The van der Waals surface area contributed by atoms with E-state index in [0.717, 1.165) is 37.9 Å². The van der Waals surface area contributed by atoms with E-state index in [9.17, 15) is 9.90 Å². The summed E-state index contributed by atoms with van der Waals surface area (Å²) in [5, 5.41) is 15.4. The molecule has 0 bridgehead atoms. The van der Waals surface area contributed by atoms with Gasteiger partial charge < -0.3 is 15.7 Å². The van der Waals surface area contributed by atoms with Gasteiger partial charge in [0.25, 0.3) is 0 Å². The van der Waals surface area contributed by atoms with Gasteiger partial charge >= 0.3 is 0 Å². The lowest BCUT2D eigenvalue weighted by Gasteiger charge is -2.24. The number of hydrogen-bond donors (Lipinski definition) is 3. The Hall–Kier alpha value is -0.870. The van der Waals surface area contributed by atoms with Crippen LogP contribution in [0.3, 0.4) is 0 Å². The Morgan fingerprint density at radius 2 is 2.25 bits per heavy atom. The molecular formula is C12H20N2O2. The lowest BCUT2D eigenvalue weighted by molar-refractivity contribution is -0.118. The van der Waals surface area contributed by atoms with Gasteiger partial charge in [0.1, 0.15) is 0 Å². The van der Waals surface area contributed by atoms with Crippen LogP contribution in [-0.4, -0.2) is 36.8 Å². The van der Waals surface area contributed by atoms with Gasteiger partial charge in [-0.05, 0) is 25.3 Å². The summed E-state index contributed by atoms with van der Waals surface area (Å²) in [5.41, 5.74) is 2.05. The predicted octanol–water partition coefficient (Wildman–Crippen LogP) is 0.183. The number of hydrogen-bond acceptors (Lipinski definition) is 3. The van der Waals surface area contributed by atoms with Crippen LogP contribution in [0.15, 0.2) is 11.1 Å². The first kappa shape index (κ1) is 11.6. The van der Waals surface area contributed by atoms with Crippen LogP contribution in [-0.2, 0) is 4.79 Å². The Balaban J connectivity index is 1.91. The highest BCUT2D eigenvalue weighted by Gasteiger charge is 2.28. The zero-order chi connectivity index (χ0) is 11.5. The Labute approximate surface area is 96.1 Å². The Morgan fingerprint density at radius 1 is 1.50 bits per heavy atom. The molecule has 2 fully saturated rings. The zero-order valence-corrected chi connectivity index (χ0v) is 9.75. The molecule has 0 radical (unpaired) electrons. The van der Waals surface area contributed by atoms with Gasteiger partial charge in [-0.25, -0.2) is 0 Å². The Bertz CT molecular complexity index is 306. The fraction of sp³-hybridized carbons (Fsp3) is 0.750. The highest BCUT2D eigenvalue weighted by molar-refractivity contribution is 5.94. The van der Waals surface area contributed by atoms with Crippen LogP contribution < -0.4 is 10.6 Å². The topological polar surface area (TPSA) is 61.4 Å². The van der Waals surface area contributed by atoms with E-state index in [1.54, 1.807) is 0 Å². The third-order valence-corrected chi connectivity index (χ3v) is 3.76. The van der Waals surface area contributed by atoms with Crippen molar-refractivity contribution < 1.29 is 9.90 Å². The van der Waals surface area contributed by atoms with E-state index >= 15 is 0 Å². The maximum Gasteiger partial charge on any atom is 0.247 e. The summed E-state index contributed by atoms with van der Waals surface area (Å²) in [6.45, 7) is 3.75. The summed E-state index contributed by atoms with van der Waals surface area (Å²) >= 11 is 0. The molecule has 2 atom stereocenters. The minimum atomic E-state index is 0.0434. The van der Waals surface area contributed by atoms with Crippen molar-refractivity contribution in [2.75, 3.05) is 19.7 Å². The quantitative estimate of drug-likeness (QED) is 0.599. The molecule has 1 saturated carbocycles. The van der Waals surface area contributed by atoms with Crippen molar-refractivity contribution in [2.45, 2.75) is 32.2 Å². The molecule has 1 aliphatic heterocycles. The van der Waals surface area contributed by atoms with E-state index in [-0.39, 0.29) is 24.5 Å². The molecule has 0 spiro atoms. The average Bonchev–Trinajstić information content (AvgIpc) is 2.62. The SMILES string of the molecule is CC(C(=O)NC1CCCC1CO)=C1CNC1. The molecule has 2 unspecified atom stereocenters. The Kier molecular flexibility index (Phi) is 3.61. The van der Waals surface area contributed by atoms with Gasteiger partial charge in [-0.3, -0.25) is 4.79 Å². The summed E-state index contributed by atoms with van der Waals surface area (Å²) in [4.78, 5) is 11.9. The van der Waals surface area contributed by atoms with Gasteiger partial charge in [-0.1, -0.05) is 6.42 Å². The van der Waals surface area contributed by atoms with Crippen molar-refractivity contribution in [3.05, 3.63) is 11.1 Å². The second-order valence-electron chi connectivity index (χ2n) is 4.79. The molecule has 1 saturated heterocycles. The monoisotopic (exact) mass is 224 g/mol. The van der Waals surface area contributed by atoms with E-state index in [1.165, 1.54) is 5.57 Å². The van der Waals surface area contributed by atoms with Crippen molar-refractivity contribution in [2.24, 2.45) is 5.92 Å². The van der Waals surface area contributed by atoms with Crippen LogP contribution in [0.2, 0.25) is 0 Å². The van der Waals surface area contributed by atoms with Gasteiger partial charge in [-0.2, -0.15) is 0 Å². The first-order chi connectivity index (χ1) is 7.72. The molecule has 90 valence electrons. The molecule has 0 aromatic carbocycles. The molecule has 1 aliphatic carbocycles. The highest BCUT2D eigenvalue weighted by atomic mass is 16.3. The number of carbonyl (C=O) groups is 1. The van der Waals surface area contributed by atoms with E-state index in [2.05, 4.69) is 10.6 Å². The van der Waals surface area contributed by atoms with E-state index in [0.29, 0.717) is 0 Å². The van der Waals surface area contributed by atoms with E-state index in [1.807, 2.05) is 6.92 Å². The smallest absolute Gasteiger partial charge is 0.247 e. The van der Waals surface area contributed by atoms with Crippen molar-refractivity contribution in [3.8, 4) is 0 Å². The molecule has 0 aromatic rings. The summed E-state index contributed by atoms with van der Waals surface area (Å²) in [6, 6.07) is 0.168. The minimum Gasteiger partial charge on any atom is -0.396 e. The zero-order valence-electron chi connectivity index (χ0n) is 9.75. The van der Waals surface area contributed by atoms with Crippen LogP contribution in [0.25, 0.3) is 0 Å². The standard InChI is InChI=1S/C12H20N2O2/c1-8(10-5-13-6-10)12(16)14-11-4-2-3-9(11)7-15/h9,11,13,15H,2-7H2,1H3,(H,14,16). The van der Waals surface area contributed by atoms with Crippen LogP contribution in [0.1, 0.15) is 26.2 Å². The lowest BCUT2D eigenvalue weighted by atomic mass is 10.0. The van der Waals surface area contributed by atoms with Gasteiger partial charge in [-0.15, -0.1) is 0 Å². The van der Waals surface area contributed by atoms with Crippen molar-refractivity contribution in [1.82, 2.24) is 10.6 Å². The van der Waals surface area contributed by atoms with Crippen molar-refractivity contribution >= 4 is 5.91 Å². The average molecular weight is 224 g/mol. The predicted molar refractivity (Wildman–Crippen MR) is 61.9 cm³/mol. The number of carbonyl (C=O) groups excluding carboxylic acids is 1. The van der Waals surface area contributed by atoms with Gasteiger partial charge in [0.2, 0.25) is 5.91 Å². The molecule has 16 heavy (non-hydrogen) atoms. The summed E-state index contributed by atoms with van der Waals surface area (Å²) in [6.07, 6.45) is 3.13. The molecule has 1 amide bonds. The molecule has 2 rings (SSSR count). The molecule has 4 heteroatoms. The molecule has 2 aliphatic rings. The number of rotatable bonds is 3. The number of aliphatic hydroxyl groups is 1. The summed E-state index contributed by atoms with van der Waals surface area (Å²) < 4.78 is 0. The second-order valence-corrected chi connectivity index (χ2v) is 4.79. The molecule has 0 aromatic heterocycles. The summed E-state index contributed by atoms with van der Waals surface area (Å²) in [5.74, 6) is 0.295. The summed E-state index contributed by atoms with van der Waals surface area (Å²) in [7, 11) is 0. The van der Waals surface area contributed by atoms with Crippen LogP contribution in [0, 0.1) is 5.92 Å². The van der Waals surface area contributed by atoms with Crippen LogP contribution in [0.4, 0.5) is 0 Å². The fourth-order valence-corrected chi connectivity index (χ4v) is 2.40. The first-order valence-electron chi connectivity index (χ1n) is 6.03. The Morgan fingerprint density at radius 3 is 2.81 bits per heavy atom. The maximum absolute atomic E-state index is 11.9. The number of nitrogens with one attached hydrogen (secondary N) is 2. The van der Waals surface area contributed by atoms with Gasteiger partial charge in [0.05, 0.1) is 0 Å². The molecule has 3 N–H and O–H groups in total. The first-order valence-corrected chi connectivity index (χ1v) is 6.03. The van der Waals surface area contributed by atoms with Crippen molar-refractivity contribution in [1.29, 1.82) is 0 Å². The highest BCUT2D eigenvalue weighted by Crippen LogP contribution is 2.25. The number of amides is 1. The minimum absolute atomic E-state index is 0.0434. The molecule has 1 heterocycles.